The van der Waals surface area contributed by atoms with Crippen LogP contribution in [0.5, 0.6) is 5.75 Å². The second-order valence-corrected chi connectivity index (χ2v) is 4.35. The molecule has 15 heavy (non-hydrogen) atoms. The number of aliphatic hydroxyl groups is 1. The summed E-state index contributed by atoms with van der Waals surface area (Å²) in [5.41, 5.74) is 1.06. The van der Waals surface area contributed by atoms with Gasteiger partial charge in [0, 0.05) is 11.0 Å². The minimum atomic E-state index is -0.478. The van der Waals surface area contributed by atoms with E-state index < -0.39 is 6.10 Å². The maximum Gasteiger partial charge on any atom is 0.123 e. The number of benzene rings is 1. The van der Waals surface area contributed by atoms with Gasteiger partial charge in [-0.3, -0.25) is 0 Å². The summed E-state index contributed by atoms with van der Waals surface area (Å²) in [5, 5.41) is 12.4. The summed E-state index contributed by atoms with van der Waals surface area (Å²) in [5.74, 6) is 0.805. The first kappa shape index (κ1) is 12.5. The lowest BCUT2D eigenvalue weighted by atomic mass is 10.2. The molecule has 1 aromatic carbocycles. The van der Waals surface area contributed by atoms with Gasteiger partial charge >= 0.3 is 0 Å². The minimum absolute atomic E-state index is 0.304. The van der Waals surface area contributed by atoms with E-state index in [4.69, 9.17) is 4.74 Å². The molecule has 0 aliphatic carbocycles. The molecule has 0 aliphatic heterocycles. The van der Waals surface area contributed by atoms with Gasteiger partial charge in [-0.2, -0.15) is 0 Å². The fourth-order valence-corrected chi connectivity index (χ4v) is 1.55. The normalized spacial score (nSPS) is 12.5. The number of aryl methyl sites for hydroxylation is 1. The predicted octanol–water partition coefficient (Wildman–Crippen LogP) is 1.72. The molecule has 0 amide bonds. The largest absolute Gasteiger partial charge is 0.491 e. The van der Waals surface area contributed by atoms with E-state index in [2.05, 4.69) is 21.2 Å². The first-order valence-electron chi connectivity index (χ1n) is 4.85. The lowest BCUT2D eigenvalue weighted by molar-refractivity contribution is 0.108. The molecule has 0 bridgehead atoms. The van der Waals surface area contributed by atoms with E-state index in [1.807, 2.05) is 25.1 Å². The Morgan fingerprint density at radius 2 is 2.27 bits per heavy atom. The number of ether oxygens (including phenoxy) is 1. The summed E-state index contributed by atoms with van der Waals surface area (Å²) < 4.78 is 6.49. The van der Waals surface area contributed by atoms with E-state index in [-0.39, 0.29) is 0 Å². The van der Waals surface area contributed by atoms with Gasteiger partial charge in [-0.05, 0) is 31.7 Å². The van der Waals surface area contributed by atoms with Crippen LogP contribution in [-0.4, -0.2) is 31.4 Å². The highest BCUT2D eigenvalue weighted by Gasteiger charge is 2.05. The van der Waals surface area contributed by atoms with Gasteiger partial charge in [0.05, 0.1) is 0 Å². The van der Waals surface area contributed by atoms with Crippen LogP contribution >= 0.6 is 15.9 Å². The molecule has 1 rings (SSSR count). The maximum atomic E-state index is 9.47. The Morgan fingerprint density at radius 3 is 2.93 bits per heavy atom. The average Bonchev–Trinajstić information content (AvgIpc) is 2.20. The Kier molecular flexibility index (Phi) is 5.08. The van der Waals surface area contributed by atoms with Crippen LogP contribution in [-0.2, 0) is 0 Å². The molecule has 1 atom stereocenters. The van der Waals surface area contributed by atoms with E-state index in [9.17, 15) is 5.11 Å². The fraction of sp³-hybridized carbons (Fsp3) is 0.455. The Morgan fingerprint density at radius 1 is 1.53 bits per heavy atom. The molecule has 84 valence electrons. The Balaban J connectivity index is 2.53. The minimum Gasteiger partial charge on any atom is -0.491 e. The number of hydrogen-bond acceptors (Lipinski definition) is 3. The van der Waals surface area contributed by atoms with Crippen LogP contribution in [0.15, 0.2) is 22.7 Å². The standard InChI is InChI=1S/C11H16BrNO2/c1-8-3-4-9(12)5-11(8)15-7-10(14)6-13-2/h3-5,10,13-14H,6-7H2,1-2H3. The van der Waals surface area contributed by atoms with Crippen molar-refractivity contribution in [3.8, 4) is 5.75 Å². The molecular weight excluding hydrogens is 258 g/mol. The van der Waals surface area contributed by atoms with Crippen molar-refractivity contribution in [3.05, 3.63) is 28.2 Å². The zero-order chi connectivity index (χ0) is 11.3. The Labute approximate surface area is 98.6 Å². The molecule has 0 heterocycles. The summed E-state index contributed by atoms with van der Waals surface area (Å²) >= 11 is 3.38. The highest BCUT2D eigenvalue weighted by molar-refractivity contribution is 9.10. The molecule has 0 spiro atoms. The number of rotatable bonds is 5. The monoisotopic (exact) mass is 273 g/mol. The van der Waals surface area contributed by atoms with Crippen molar-refractivity contribution in [2.45, 2.75) is 13.0 Å². The Bertz CT molecular complexity index is 317. The SMILES string of the molecule is CNCC(O)COc1cc(Br)ccc1C. The number of nitrogens with one attached hydrogen (secondary N) is 1. The predicted molar refractivity (Wildman–Crippen MR) is 64.3 cm³/mol. The highest BCUT2D eigenvalue weighted by Crippen LogP contribution is 2.22. The lowest BCUT2D eigenvalue weighted by Gasteiger charge is -2.13. The van der Waals surface area contributed by atoms with Crippen LogP contribution in [0.2, 0.25) is 0 Å². The van der Waals surface area contributed by atoms with Crippen LogP contribution in [0, 0.1) is 6.92 Å². The maximum absolute atomic E-state index is 9.47. The topological polar surface area (TPSA) is 41.5 Å². The highest BCUT2D eigenvalue weighted by atomic mass is 79.9. The van der Waals surface area contributed by atoms with Gasteiger partial charge in [-0.25, -0.2) is 0 Å². The number of aliphatic hydroxyl groups excluding tert-OH is 1. The van der Waals surface area contributed by atoms with Crippen molar-refractivity contribution in [3.63, 3.8) is 0 Å². The summed E-state index contributed by atoms with van der Waals surface area (Å²) in [6, 6.07) is 5.84. The van der Waals surface area contributed by atoms with Crippen molar-refractivity contribution in [2.75, 3.05) is 20.2 Å². The van der Waals surface area contributed by atoms with Crippen LogP contribution in [0.3, 0.4) is 0 Å². The zero-order valence-corrected chi connectivity index (χ0v) is 10.5. The van der Waals surface area contributed by atoms with Crippen molar-refractivity contribution in [1.29, 1.82) is 0 Å². The molecular formula is C11H16BrNO2. The molecule has 3 nitrogen and oxygen atoms in total. The molecule has 0 radical (unpaired) electrons. The van der Waals surface area contributed by atoms with E-state index in [1.165, 1.54) is 0 Å². The van der Waals surface area contributed by atoms with E-state index >= 15 is 0 Å². The van der Waals surface area contributed by atoms with Crippen molar-refractivity contribution in [2.24, 2.45) is 0 Å². The van der Waals surface area contributed by atoms with Crippen LogP contribution in [0.25, 0.3) is 0 Å². The van der Waals surface area contributed by atoms with E-state index in [0.717, 1.165) is 15.8 Å². The number of halogens is 1. The quantitative estimate of drug-likeness (QED) is 0.859. The van der Waals surface area contributed by atoms with Gasteiger partial charge in [0.25, 0.3) is 0 Å². The van der Waals surface area contributed by atoms with Crippen molar-refractivity contribution < 1.29 is 9.84 Å². The van der Waals surface area contributed by atoms with E-state index in [1.54, 1.807) is 7.05 Å². The number of hydrogen-bond donors (Lipinski definition) is 2. The molecule has 4 heteroatoms. The van der Waals surface area contributed by atoms with Crippen LogP contribution < -0.4 is 10.1 Å². The second kappa shape index (κ2) is 6.10. The van der Waals surface area contributed by atoms with Gasteiger partial charge in [-0.15, -0.1) is 0 Å². The Hall–Kier alpha value is -0.580. The van der Waals surface area contributed by atoms with Gasteiger partial charge in [0.1, 0.15) is 18.5 Å². The first-order chi connectivity index (χ1) is 7.13. The lowest BCUT2D eigenvalue weighted by Crippen LogP contribution is -2.29. The first-order valence-corrected chi connectivity index (χ1v) is 5.64. The summed E-state index contributed by atoms with van der Waals surface area (Å²) in [6.07, 6.45) is -0.478. The molecule has 2 N–H and O–H groups in total. The van der Waals surface area contributed by atoms with Gasteiger partial charge in [0.15, 0.2) is 0 Å². The van der Waals surface area contributed by atoms with Crippen LogP contribution in [0.1, 0.15) is 5.56 Å². The van der Waals surface area contributed by atoms with Gasteiger partial charge < -0.3 is 15.2 Å². The zero-order valence-electron chi connectivity index (χ0n) is 8.96. The fourth-order valence-electron chi connectivity index (χ4n) is 1.21. The molecule has 1 aromatic rings. The molecule has 0 aromatic heterocycles. The third-order valence-electron chi connectivity index (χ3n) is 2.02. The summed E-state index contributed by atoms with van der Waals surface area (Å²) in [7, 11) is 1.80. The molecule has 1 unspecified atom stereocenters. The van der Waals surface area contributed by atoms with Crippen LogP contribution in [0.4, 0.5) is 0 Å². The molecule has 0 saturated carbocycles. The smallest absolute Gasteiger partial charge is 0.123 e. The molecule has 0 saturated heterocycles. The van der Waals surface area contributed by atoms with E-state index in [0.29, 0.717) is 13.2 Å². The summed E-state index contributed by atoms with van der Waals surface area (Å²) in [4.78, 5) is 0. The average molecular weight is 274 g/mol. The van der Waals surface area contributed by atoms with Crippen molar-refractivity contribution in [1.82, 2.24) is 5.32 Å². The second-order valence-electron chi connectivity index (χ2n) is 3.43. The molecule has 0 fully saturated rings. The van der Waals surface area contributed by atoms with Crippen molar-refractivity contribution >= 4 is 15.9 Å². The van der Waals surface area contributed by atoms with Gasteiger partial charge in [-0.1, -0.05) is 22.0 Å². The summed E-state index contributed by atoms with van der Waals surface area (Å²) in [6.45, 7) is 2.82. The van der Waals surface area contributed by atoms with Gasteiger partial charge in [0.2, 0.25) is 0 Å². The molecule has 0 aliphatic rings. The third kappa shape index (κ3) is 4.20. The third-order valence-corrected chi connectivity index (χ3v) is 2.51. The number of likely N-dealkylation sites (N-methyl/N-ethyl adjacent to an activating group) is 1.